The first-order valence-electron chi connectivity index (χ1n) is 5.81. The first kappa shape index (κ1) is 14.8. The van der Waals surface area contributed by atoms with Gasteiger partial charge in [0, 0.05) is 6.54 Å². The van der Waals surface area contributed by atoms with E-state index in [9.17, 15) is 4.79 Å². The van der Waals surface area contributed by atoms with Gasteiger partial charge in [-0.2, -0.15) is 0 Å². The highest BCUT2D eigenvalue weighted by atomic mass is 35.5. The second kappa shape index (κ2) is 6.69. The predicted octanol–water partition coefficient (Wildman–Crippen LogP) is 2.69. The molecule has 1 aromatic carbocycles. The number of anilines is 1. The van der Waals surface area contributed by atoms with Gasteiger partial charge in [-0.1, -0.05) is 47.2 Å². The number of halogens is 1. The fourth-order valence-electron chi connectivity index (χ4n) is 1.54. The van der Waals surface area contributed by atoms with E-state index in [1.54, 1.807) is 0 Å². The van der Waals surface area contributed by atoms with Crippen molar-refractivity contribution < 1.29 is 14.6 Å². The van der Waals surface area contributed by atoms with Crippen LogP contribution in [0.25, 0.3) is 0 Å². The Bertz CT molecular complexity index is 598. The van der Waals surface area contributed by atoms with Gasteiger partial charge in [0.1, 0.15) is 0 Å². The number of methoxy groups -OCH3 is 1. The van der Waals surface area contributed by atoms with Crippen molar-refractivity contribution in [2.75, 3.05) is 12.4 Å². The molecule has 0 aliphatic rings. The number of aliphatic hydroxyl groups excluding tert-OH is 1. The number of nitrogens with one attached hydrogen (secondary N) is 1. The third kappa shape index (κ3) is 3.47. The fourth-order valence-corrected chi connectivity index (χ4v) is 2.63. The normalized spacial score (nSPS) is 10.3. The predicted molar refractivity (Wildman–Crippen MR) is 78.2 cm³/mol. The molecule has 0 spiro atoms. The van der Waals surface area contributed by atoms with Gasteiger partial charge in [-0.15, -0.1) is 0 Å². The van der Waals surface area contributed by atoms with Crippen LogP contribution >= 0.6 is 22.9 Å². The minimum Gasteiger partial charge on any atom is -0.465 e. The summed E-state index contributed by atoms with van der Waals surface area (Å²) < 4.78 is 4.61. The van der Waals surface area contributed by atoms with Crippen LogP contribution in [0.3, 0.4) is 0 Å². The molecular weight excluding hydrogens is 300 g/mol. The van der Waals surface area contributed by atoms with E-state index in [1.807, 2.05) is 24.3 Å². The van der Waals surface area contributed by atoms with Crippen LogP contribution in [-0.4, -0.2) is 23.2 Å². The summed E-state index contributed by atoms with van der Waals surface area (Å²) in [5, 5.41) is 12.7. The molecule has 20 heavy (non-hydrogen) atoms. The van der Waals surface area contributed by atoms with Gasteiger partial charge in [-0.05, 0) is 11.1 Å². The summed E-state index contributed by atoms with van der Waals surface area (Å²) in [6, 6.07) is 7.53. The molecule has 106 valence electrons. The number of carbonyl (C=O) groups excluding carboxylic acids is 1. The van der Waals surface area contributed by atoms with Gasteiger partial charge in [-0.25, -0.2) is 9.78 Å². The summed E-state index contributed by atoms with van der Waals surface area (Å²) in [6.45, 7) is 0.578. The summed E-state index contributed by atoms with van der Waals surface area (Å²) in [5.41, 5.74) is 1.90. The van der Waals surface area contributed by atoms with Crippen molar-refractivity contribution in [3.8, 4) is 0 Å². The molecule has 2 aromatic rings. The molecule has 0 bridgehead atoms. The Morgan fingerprint density at radius 2 is 2.05 bits per heavy atom. The molecule has 0 aliphatic heterocycles. The van der Waals surface area contributed by atoms with E-state index in [0.717, 1.165) is 22.5 Å². The fraction of sp³-hybridized carbons (Fsp3) is 0.231. The minimum atomic E-state index is -0.493. The number of carbonyl (C=O) groups is 1. The number of ether oxygens (including phenoxy) is 1. The van der Waals surface area contributed by atoms with Crippen molar-refractivity contribution >= 4 is 34.0 Å². The number of aromatic nitrogens is 1. The second-order valence-electron chi connectivity index (χ2n) is 3.96. The van der Waals surface area contributed by atoms with Crippen molar-refractivity contribution in [1.82, 2.24) is 4.98 Å². The number of nitrogens with zero attached hydrogens (tertiary/aromatic N) is 1. The van der Waals surface area contributed by atoms with Gasteiger partial charge < -0.3 is 15.2 Å². The Labute approximate surface area is 125 Å². The lowest BCUT2D eigenvalue weighted by atomic mass is 10.1. The van der Waals surface area contributed by atoms with E-state index in [1.165, 1.54) is 7.11 Å². The largest absolute Gasteiger partial charge is 0.465 e. The number of esters is 1. The number of hydrogen-bond acceptors (Lipinski definition) is 6. The standard InChI is InChI=1S/C13H13ClN2O3S/c1-19-12(18)10-11(14)16-13(20-10)15-6-8-2-4-9(7-17)5-3-8/h2-5,17H,6-7H2,1H3,(H,15,16). The zero-order chi connectivity index (χ0) is 14.5. The summed E-state index contributed by atoms with van der Waals surface area (Å²) in [4.78, 5) is 15.7. The van der Waals surface area contributed by atoms with Crippen molar-refractivity contribution in [3.63, 3.8) is 0 Å². The molecule has 2 rings (SSSR count). The van der Waals surface area contributed by atoms with Gasteiger partial charge in [0.25, 0.3) is 0 Å². The van der Waals surface area contributed by atoms with E-state index >= 15 is 0 Å². The Hall–Kier alpha value is -1.63. The molecule has 0 amide bonds. The van der Waals surface area contributed by atoms with Crippen LogP contribution in [0.1, 0.15) is 20.8 Å². The van der Waals surface area contributed by atoms with Crippen LogP contribution in [0.4, 0.5) is 5.13 Å². The molecule has 0 aliphatic carbocycles. The molecular formula is C13H13ClN2O3S. The topological polar surface area (TPSA) is 71.5 Å². The molecule has 5 nitrogen and oxygen atoms in total. The minimum absolute atomic E-state index is 0.0261. The van der Waals surface area contributed by atoms with Crippen LogP contribution < -0.4 is 5.32 Å². The van der Waals surface area contributed by atoms with Crippen LogP contribution in [0.2, 0.25) is 5.15 Å². The van der Waals surface area contributed by atoms with Gasteiger partial charge in [0.2, 0.25) is 0 Å². The zero-order valence-corrected chi connectivity index (χ0v) is 12.3. The zero-order valence-electron chi connectivity index (χ0n) is 10.7. The second-order valence-corrected chi connectivity index (χ2v) is 5.32. The number of hydrogen-bond donors (Lipinski definition) is 2. The summed E-state index contributed by atoms with van der Waals surface area (Å²) in [7, 11) is 1.30. The maximum absolute atomic E-state index is 11.4. The monoisotopic (exact) mass is 312 g/mol. The Balaban J connectivity index is 2.01. The molecule has 0 saturated heterocycles. The van der Waals surface area contributed by atoms with E-state index in [4.69, 9.17) is 16.7 Å². The van der Waals surface area contributed by atoms with E-state index < -0.39 is 5.97 Å². The summed E-state index contributed by atoms with van der Waals surface area (Å²) in [5.74, 6) is -0.493. The molecule has 2 N–H and O–H groups in total. The lowest BCUT2D eigenvalue weighted by Gasteiger charge is -2.03. The van der Waals surface area contributed by atoms with Crippen molar-refractivity contribution in [3.05, 3.63) is 45.4 Å². The average molecular weight is 313 g/mol. The van der Waals surface area contributed by atoms with Crippen molar-refractivity contribution in [2.24, 2.45) is 0 Å². The maximum Gasteiger partial charge on any atom is 0.351 e. The molecule has 0 saturated carbocycles. The quantitative estimate of drug-likeness (QED) is 0.831. The first-order valence-corrected chi connectivity index (χ1v) is 7.00. The molecule has 0 radical (unpaired) electrons. The third-order valence-electron chi connectivity index (χ3n) is 2.61. The average Bonchev–Trinajstić information content (AvgIpc) is 2.86. The molecule has 1 heterocycles. The van der Waals surface area contributed by atoms with E-state index in [0.29, 0.717) is 11.7 Å². The highest BCUT2D eigenvalue weighted by molar-refractivity contribution is 7.18. The van der Waals surface area contributed by atoms with Crippen LogP contribution in [0.15, 0.2) is 24.3 Å². The summed E-state index contributed by atoms with van der Waals surface area (Å²) in [6.07, 6.45) is 0. The van der Waals surface area contributed by atoms with Crippen molar-refractivity contribution in [2.45, 2.75) is 13.2 Å². The lowest BCUT2D eigenvalue weighted by molar-refractivity contribution is 0.0606. The highest BCUT2D eigenvalue weighted by Crippen LogP contribution is 2.27. The number of benzene rings is 1. The van der Waals surface area contributed by atoms with E-state index in [2.05, 4.69) is 15.0 Å². The molecule has 0 atom stereocenters. The molecule has 7 heteroatoms. The number of thiazole rings is 1. The van der Waals surface area contributed by atoms with Crippen molar-refractivity contribution in [1.29, 1.82) is 0 Å². The van der Waals surface area contributed by atoms with Gasteiger partial charge in [0.15, 0.2) is 15.2 Å². The Morgan fingerprint density at radius 3 is 2.65 bits per heavy atom. The lowest BCUT2D eigenvalue weighted by Crippen LogP contribution is -1.99. The molecule has 1 aromatic heterocycles. The van der Waals surface area contributed by atoms with Gasteiger partial charge in [0.05, 0.1) is 13.7 Å². The molecule has 0 fully saturated rings. The molecule has 0 unspecified atom stereocenters. The van der Waals surface area contributed by atoms with Crippen LogP contribution in [0.5, 0.6) is 0 Å². The SMILES string of the molecule is COC(=O)c1sc(NCc2ccc(CO)cc2)nc1Cl. The number of rotatable bonds is 5. The van der Waals surface area contributed by atoms with E-state index in [-0.39, 0.29) is 16.6 Å². The Kier molecular flexibility index (Phi) is 4.94. The Morgan fingerprint density at radius 1 is 1.40 bits per heavy atom. The van der Waals surface area contributed by atoms with Crippen LogP contribution in [-0.2, 0) is 17.9 Å². The van der Waals surface area contributed by atoms with Gasteiger partial charge >= 0.3 is 5.97 Å². The number of aliphatic hydroxyl groups is 1. The third-order valence-corrected chi connectivity index (χ3v) is 3.98. The highest BCUT2D eigenvalue weighted by Gasteiger charge is 2.16. The smallest absolute Gasteiger partial charge is 0.351 e. The van der Waals surface area contributed by atoms with Gasteiger partial charge in [-0.3, -0.25) is 0 Å². The summed E-state index contributed by atoms with van der Waals surface area (Å²) >= 11 is 7.02. The van der Waals surface area contributed by atoms with Crippen LogP contribution in [0, 0.1) is 0 Å². The maximum atomic E-state index is 11.4. The first-order chi connectivity index (χ1) is 9.63.